The predicted molar refractivity (Wildman–Crippen MR) is 89.9 cm³/mol. The van der Waals surface area contributed by atoms with Crippen LogP contribution in [0.5, 0.6) is 0 Å². The molecule has 0 aromatic rings. The molecule has 0 aromatic carbocycles. The molecule has 18 heteroatoms. The molecule has 0 amide bonds. The Kier molecular flexibility index (Phi) is 16.8. The van der Waals surface area contributed by atoms with Crippen LogP contribution in [-0.2, 0) is 0 Å². The molecular formula is C12H6F3Li3N12. The molecule has 0 bridgehead atoms. The maximum absolute atomic E-state index is 11.8. The number of hydrogen-bond donors (Lipinski definition) is 0. The van der Waals surface area contributed by atoms with E-state index in [1.54, 1.807) is 13.8 Å². The Balaban J connectivity index is -0.000000353. The Morgan fingerprint density at radius 3 is 1.17 bits per heavy atom. The minimum Gasteiger partial charge on any atom is -0.761 e. The fourth-order valence-electron chi connectivity index (χ4n) is 1.19. The molecule has 0 N–H and O–H groups in total. The van der Waals surface area contributed by atoms with Gasteiger partial charge >= 0.3 is 62.8 Å². The van der Waals surface area contributed by atoms with Crippen LogP contribution in [0.15, 0.2) is 63.4 Å². The number of alkyl halides is 3. The van der Waals surface area contributed by atoms with Crippen molar-refractivity contribution in [2.45, 2.75) is 20.0 Å². The average molecular weight is 396 g/mol. The molecule has 0 spiro atoms. The van der Waals surface area contributed by atoms with Crippen molar-refractivity contribution in [3.05, 3.63) is 33.3 Å². The zero-order chi connectivity index (χ0) is 20.4. The monoisotopic (exact) mass is 396 g/mol. The molecule has 138 valence electrons. The van der Waals surface area contributed by atoms with E-state index in [9.17, 15) is 13.2 Å². The summed E-state index contributed by atoms with van der Waals surface area (Å²) < 4.78 is 35.3. The van der Waals surface area contributed by atoms with Crippen molar-refractivity contribution < 1.29 is 69.8 Å². The zero-order valence-corrected chi connectivity index (χ0v) is 16.5. The van der Waals surface area contributed by atoms with E-state index in [4.69, 9.17) is 16.2 Å². The van der Waals surface area contributed by atoms with Crippen molar-refractivity contribution in [3.8, 4) is 0 Å². The van der Waals surface area contributed by atoms with E-state index >= 15 is 0 Å². The summed E-state index contributed by atoms with van der Waals surface area (Å²) in [5, 5.41) is 53.1. The van der Waals surface area contributed by atoms with Crippen LogP contribution in [0.2, 0.25) is 0 Å². The summed E-state index contributed by atoms with van der Waals surface area (Å²) in [5.74, 6) is 4.90. The zero-order valence-electron chi connectivity index (χ0n) is 16.5. The number of hydrogen-bond acceptors (Lipinski definition) is 9. The van der Waals surface area contributed by atoms with E-state index in [-0.39, 0.29) is 56.6 Å². The van der Waals surface area contributed by atoms with Crippen molar-refractivity contribution >= 4 is 34.7 Å². The molecule has 0 atom stereocenters. The number of allylic oxidation sites excluding steroid dienone is 3. The minimum absolute atomic E-state index is 0. The first kappa shape index (κ1) is 32.4. The van der Waals surface area contributed by atoms with Crippen LogP contribution < -0.4 is 56.6 Å². The third-order valence-electron chi connectivity index (χ3n) is 2.46. The smallest absolute Gasteiger partial charge is 0.761 e. The first-order chi connectivity index (χ1) is 12.7. The normalized spacial score (nSPS) is 14.7. The van der Waals surface area contributed by atoms with E-state index in [2.05, 4.69) is 46.3 Å². The Morgan fingerprint density at radius 1 is 0.633 bits per heavy atom. The topological polar surface area (TPSA) is 178 Å². The second-order valence-corrected chi connectivity index (χ2v) is 4.27. The molecule has 3 heterocycles. The first-order valence-corrected chi connectivity index (χ1v) is 6.53. The third kappa shape index (κ3) is 9.98. The van der Waals surface area contributed by atoms with Crippen molar-refractivity contribution in [2.75, 3.05) is 0 Å². The van der Waals surface area contributed by atoms with Gasteiger partial charge in [-0.3, -0.25) is 0 Å². The maximum Gasteiger partial charge on any atom is 1.00 e. The molecule has 0 aliphatic carbocycles. The fourth-order valence-corrected chi connectivity index (χ4v) is 1.19. The Hall–Kier alpha value is -2.26. The summed E-state index contributed by atoms with van der Waals surface area (Å²) in [5.41, 5.74) is -0.326. The van der Waals surface area contributed by atoms with E-state index in [1.807, 2.05) is 11.7 Å². The molecule has 0 saturated heterocycles. The third-order valence-corrected chi connectivity index (χ3v) is 2.46. The molecule has 0 radical (unpaired) electrons. The number of nitrogens with zero attached hydrogens (tertiary/aromatic N) is 12. The summed E-state index contributed by atoms with van der Waals surface area (Å²) in [6, 6.07) is 0. The largest absolute Gasteiger partial charge is 1.00 e. The standard InChI is InChI=1S/C4F3N4.2C4H3N4.3Li/c5-4(6,7)3-2(1-8)9-11-10-3;2*1-3-4(2-5)7-8-6-3;;;/h;2*1H3;;;/q3*-1;3*+1. The van der Waals surface area contributed by atoms with Gasteiger partial charge in [-0.25, -0.2) is 17.6 Å². The van der Waals surface area contributed by atoms with Gasteiger partial charge in [0, 0.05) is 0 Å². The Morgan fingerprint density at radius 2 is 0.967 bits per heavy atom. The molecule has 0 saturated carbocycles. The van der Waals surface area contributed by atoms with Crippen molar-refractivity contribution in [2.24, 2.45) is 46.3 Å². The van der Waals surface area contributed by atoms with E-state index in [1.165, 1.54) is 5.87 Å². The minimum atomic E-state index is -4.64. The van der Waals surface area contributed by atoms with Crippen LogP contribution >= 0.6 is 0 Å². The molecule has 12 nitrogen and oxygen atoms in total. The summed E-state index contributed by atoms with van der Waals surface area (Å²) in [4.78, 5) is 0. The first-order valence-electron chi connectivity index (χ1n) is 6.53. The maximum atomic E-state index is 11.8. The van der Waals surface area contributed by atoms with Gasteiger partial charge in [0.2, 0.25) is 5.71 Å². The number of rotatable bonds is 0. The number of halogens is 3. The van der Waals surface area contributed by atoms with Gasteiger partial charge < -0.3 is 16.2 Å². The summed E-state index contributed by atoms with van der Waals surface area (Å²) in [6.07, 6.45) is -4.64. The molecule has 0 fully saturated rings. The van der Waals surface area contributed by atoms with Gasteiger partial charge in [-0.2, -0.15) is 13.2 Å². The van der Waals surface area contributed by atoms with Gasteiger partial charge in [0.25, 0.3) is 0 Å². The summed E-state index contributed by atoms with van der Waals surface area (Å²) >= 11 is 0. The van der Waals surface area contributed by atoms with Crippen molar-refractivity contribution in [1.82, 2.24) is 0 Å². The molecule has 0 unspecified atom stereocenters. The van der Waals surface area contributed by atoms with E-state index in [0.29, 0.717) is 22.8 Å². The van der Waals surface area contributed by atoms with Gasteiger partial charge in [-0.05, 0) is 29.5 Å². The van der Waals surface area contributed by atoms with Crippen LogP contribution in [0.3, 0.4) is 0 Å². The second kappa shape index (κ2) is 15.6. The van der Waals surface area contributed by atoms with Gasteiger partial charge in [0.1, 0.15) is 17.1 Å². The van der Waals surface area contributed by atoms with Crippen molar-refractivity contribution in [3.63, 3.8) is 0 Å². The van der Waals surface area contributed by atoms with E-state index < -0.39 is 17.6 Å². The molecule has 30 heavy (non-hydrogen) atoms. The van der Waals surface area contributed by atoms with Gasteiger partial charge in [-0.1, -0.05) is 0 Å². The average Bonchev–Trinajstić information content (AvgIpc) is 3.35. The predicted octanol–water partition coefficient (Wildman–Crippen LogP) is -5.59. The summed E-state index contributed by atoms with van der Waals surface area (Å²) in [6.45, 7) is 3.39. The van der Waals surface area contributed by atoms with Crippen LogP contribution in [0.25, 0.3) is 16.2 Å². The molecule has 3 aliphatic rings. The van der Waals surface area contributed by atoms with Gasteiger partial charge in [0.15, 0.2) is 0 Å². The van der Waals surface area contributed by atoms with Gasteiger partial charge in [0.05, 0.1) is 11.4 Å². The van der Waals surface area contributed by atoms with Crippen LogP contribution in [0.1, 0.15) is 13.8 Å². The van der Waals surface area contributed by atoms with Crippen LogP contribution in [-0.4, -0.2) is 40.9 Å². The Labute approximate surface area is 203 Å². The molecule has 3 rings (SSSR count). The second-order valence-electron chi connectivity index (χ2n) is 4.27. The van der Waals surface area contributed by atoms with E-state index in [0.717, 1.165) is 0 Å². The SMILES string of the molecule is CC1=NN=NC1=C=[N-].CC1=NN=NC1=C=[N-].[Li+].[Li+].[Li+].[N-]=C=C1N=NN=C1C(F)(F)F. The van der Waals surface area contributed by atoms with Crippen LogP contribution in [0.4, 0.5) is 13.2 Å². The van der Waals surface area contributed by atoms with Gasteiger partial charge in [-0.15, -0.1) is 30.6 Å². The quantitative estimate of drug-likeness (QED) is 0.280. The Bertz CT molecular complexity index is 909. The fraction of sp³-hybridized carbons (Fsp3) is 0.250. The van der Waals surface area contributed by atoms with Crippen molar-refractivity contribution in [1.29, 1.82) is 0 Å². The summed E-state index contributed by atoms with van der Waals surface area (Å²) in [7, 11) is 0. The molecular weight excluding hydrogens is 390 g/mol. The molecule has 0 aromatic heterocycles. The van der Waals surface area contributed by atoms with Crippen LogP contribution in [0, 0.1) is 0 Å². The molecule has 3 aliphatic heterocycles.